The van der Waals surface area contributed by atoms with Gasteiger partial charge in [-0.3, -0.25) is 0 Å². The number of benzene rings is 1. The van der Waals surface area contributed by atoms with Gasteiger partial charge in [-0.2, -0.15) is 5.26 Å². The molecule has 21 heavy (non-hydrogen) atoms. The third-order valence-corrected chi connectivity index (χ3v) is 4.07. The Balaban J connectivity index is 1.94. The normalized spacial score (nSPS) is 9.95. The Hall–Kier alpha value is -2.39. The first-order chi connectivity index (χ1) is 10.1. The van der Waals surface area contributed by atoms with E-state index in [1.54, 1.807) is 11.3 Å². The summed E-state index contributed by atoms with van der Waals surface area (Å²) in [7, 11) is 0. The Labute approximate surface area is 126 Å². The fraction of sp³-hybridized carbons (Fsp3) is 0.200. The highest BCUT2D eigenvalue weighted by Gasteiger charge is 2.08. The van der Waals surface area contributed by atoms with E-state index in [4.69, 9.17) is 5.26 Å². The van der Waals surface area contributed by atoms with Crippen LogP contribution in [0.5, 0.6) is 0 Å². The summed E-state index contributed by atoms with van der Waals surface area (Å²) in [4.78, 5) is 14.1. The fourth-order valence-electron chi connectivity index (χ4n) is 1.76. The topological polar surface area (TPSA) is 64.9 Å². The van der Waals surface area contributed by atoms with Crippen molar-refractivity contribution in [2.24, 2.45) is 0 Å². The number of anilines is 1. The molecule has 4 nitrogen and oxygen atoms in total. The maximum absolute atomic E-state index is 13.0. The van der Waals surface area contributed by atoms with Gasteiger partial charge in [0.1, 0.15) is 11.9 Å². The minimum Gasteiger partial charge on any atom is -0.333 e. The molecule has 0 spiro atoms. The van der Waals surface area contributed by atoms with Crippen molar-refractivity contribution in [2.75, 3.05) is 5.32 Å². The van der Waals surface area contributed by atoms with Gasteiger partial charge in [0.15, 0.2) is 0 Å². The van der Waals surface area contributed by atoms with Gasteiger partial charge in [-0.05, 0) is 36.8 Å². The predicted molar refractivity (Wildman–Crippen MR) is 80.7 cm³/mol. The maximum Gasteiger partial charge on any atom is 0.319 e. The molecule has 0 saturated heterocycles. The second-order valence-corrected chi connectivity index (χ2v) is 5.58. The number of rotatable bonds is 4. The van der Waals surface area contributed by atoms with Crippen molar-refractivity contribution in [1.29, 1.82) is 5.26 Å². The Morgan fingerprint density at radius 2 is 2.10 bits per heavy atom. The van der Waals surface area contributed by atoms with Crippen LogP contribution in [0.4, 0.5) is 14.9 Å². The van der Waals surface area contributed by atoms with Crippen LogP contribution in [0.25, 0.3) is 0 Å². The van der Waals surface area contributed by atoms with Crippen LogP contribution in [0, 0.1) is 17.1 Å². The fourth-order valence-corrected chi connectivity index (χ4v) is 2.66. The first-order valence-electron chi connectivity index (χ1n) is 6.44. The molecule has 1 aromatic carbocycles. The van der Waals surface area contributed by atoms with E-state index in [1.165, 1.54) is 17.0 Å². The minimum absolute atomic E-state index is 0.0922. The molecule has 2 amide bonds. The van der Waals surface area contributed by atoms with E-state index in [1.807, 2.05) is 18.2 Å². The van der Waals surface area contributed by atoms with Crippen LogP contribution in [-0.4, -0.2) is 6.03 Å². The predicted octanol–water partition coefficient (Wildman–Crippen LogP) is 3.64. The molecular weight excluding hydrogens is 289 g/mol. The summed E-state index contributed by atoms with van der Waals surface area (Å²) in [6.45, 7) is 2.49. The van der Waals surface area contributed by atoms with Gasteiger partial charge in [0.05, 0.1) is 17.8 Å². The molecule has 1 heterocycles. The summed E-state index contributed by atoms with van der Waals surface area (Å²) >= 11 is 1.65. The zero-order chi connectivity index (χ0) is 15.2. The molecule has 108 valence electrons. The van der Waals surface area contributed by atoms with Crippen molar-refractivity contribution >= 4 is 23.1 Å². The molecule has 0 radical (unpaired) electrons. The van der Waals surface area contributed by atoms with Gasteiger partial charge in [0.25, 0.3) is 0 Å². The lowest BCUT2D eigenvalue weighted by atomic mass is 10.2. The highest BCUT2D eigenvalue weighted by molar-refractivity contribution is 7.11. The molecule has 1 aromatic heterocycles. The molecule has 6 heteroatoms. The molecule has 0 unspecified atom stereocenters. The quantitative estimate of drug-likeness (QED) is 0.905. The van der Waals surface area contributed by atoms with Crippen LogP contribution in [-0.2, 0) is 13.0 Å². The Morgan fingerprint density at radius 1 is 1.33 bits per heavy atom. The van der Waals surface area contributed by atoms with Gasteiger partial charge in [-0.25, -0.2) is 9.18 Å². The third-order valence-electron chi connectivity index (χ3n) is 2.84. The van der Waals surface area contributed by atoms with E-state index < -0.39 is 11.8 Å². The lowest BCUT2D eigenvalue weighted by Crippen LogP contribution is -2.28. The lowest BCUT2D eigenvalue weighted by Gasteiger charge is -2.08. The van der Waals surface area contributed by atoms with Crippen molar-refractivity contribution in [1.82, 2.24) is 5.32 Å². The van der Waals surface area contributed by atoms with Crippen LogP contribution < -0.4 is 10.6 Å². The standard InChI is InChI=1S/C15H14FN3OS/c1-2-12-4-5-13(21-12)9-18-15(20)19-14-6-3-11(16)7-10(14)8-17/h3-7H,2,9H2,1H3,(H2,18,19,20). The number of nitriles is 1. The second kappa shape index (κ2) is 6.86. The van der Waals surface area contributed by atoms with Crippen molar-refractivity contribution in [3.8, 4) is 6.07 Å². The number of carbonyl (C=O) groups excluding carboxylic acids is 1. The summed E-state index contributed by atoms with van der Waals surface area (Å²) < 4.78 is 13.0. The molecule has 2 N–H and O–H groups in total. The van der Waals surface area contributed by atoms with Crippen LogP contribution >= 0.6 is 11.3 Å². The van der Waals surface area contributed by atoms with Crippen molar-refractivity contribution in [2.45, 2.75) is 19.9 Å². The number of carbonyl (C=O) groups is 1. The number of hydrogen-bond donors (Lipinski definition) is 2. The van der Waals surface area contributed by atoms with E-state index >= 15 is 0 Å². The monoisotopic (exact) mass is 303 g/mol. The maximum atomic E-state index is 13.0. The molecule has 0 aliphatic carbocycles. The van der Waals surface area contributed by atoms with Crippen molar-refractivity contribution < 1.29 is 9.18 Å². The average molecular weight is 303 g/mol. The Kier molecular flexibility index (Phi) is 4.90. The minimum atomic E-state index is -0.511. The number of amides is 2. The molecule has 0 aliphatic heterocycles. The molecule has 0 fully saturated rings. The molecular formula is C15H14FN3OS. The number of thiophene rings is 1. The highest BCUT2D eigenvalue weighted by atomic mass is 32.1. The van der Waals surface area contributed by atoms with Gasteiger partial charge in [-0.1, -0.05) is 6.92 Å². The second-order valence-electron chi connectivity index (χ2n) is 4.33. The number of nitrogens with one attached hydrogen (secondary N) is 2. The van der Waals surface area contributed by atoms with E-state index in [-0.39, 0.29) is 11.3 Å². The molecule has 2 aromatic rings. The van der Waals surface area contributed by atoms with Crippen LogP contribution in [0.2, 0.25) is 0 Å². The number of urea groups is 1. The summed E-state index contributed by atoms with van der Waals surface area (Å²) in [5.74, 6) is -0.511. The summed E-state index contributed by atoms with van der Waals surface area (Å²) in [6, 6.07) is 9.08. The van der Waals surface area contributed by atoms with E-state index in [9.17, 15) is 9.18 Å². The number of hydrogen-bond acceptors (Lipinski definition) is 3. The van der Waals surface area contributed by atoms with E-state index in [0.717, 1.165) is 17.4 Å². The lowest BCUT2D eigenvalue weighted by molar-refractivity contribution is 0.252. The Morgan fingerprint density at radius 3 is 2.76 bits per heavy atom. The number of aryl methyl sites for hydroxylation is 1. The zero-order valence-electron chi connectivity index (χ0n) is 11.4. The molecule has 0 aliphatic rings. The first-order valence-corrected chi connectivity index (χ1v) is 7.26. The molecule has 0 atom stereocenters. The molecule has 0 saturated carbocycles. The van der Waals surface area contributed by atoms with E-state index in [2.05, 4.69) is 17.6 Å². The summed E-state index contributed by atoms with van der Waals surface area (Å²) in [6.07, 6.45) is 0.970. The smallest absolute Gasteiger partial charge is 0.319 e. The number of halogens is 1. The molecule has 0 bridgehead atoms. The van der Waals surface area contributed by atoms with Crippen LogP contribution in [0.15, 0.2) is 30.3 Å². The third kappa shape index (κ3) is 4.04. The first kappa shape index (κ1) is 15.0. The Bertz CT molecular complexity index is 690. The zero-order valence-corrected chi connectivity index (χ0v) is 12.3. The van der Waals surface area contributed by atoms with Gasteiger partial charge < -0.3 is 10.6 Å². The van der Waals surface area contributed by atoms with Crippen LogP contribution in [0.3, 0.4) is 0 Å². The van der Waals surface area contributed by atoms with E-state index in [0.29, 0.717) is 6.54 Å². The van der Waals surface area contributed by atoms with Crippen molar-refractivity contribution in [3.63, 3.8) is 0 Å². The van der Waals surface area contributed by atoms with Gasteiger partial charge >= 0.3 is 6.03 Å². The summed E-state index contributed by atoms with van der Waals surface area (Å²) in [5, 5.41) is 14.2. The van der Waals surface area contributed by atoms with Gasteiger partial charge in [0.2, 0.25) is 0 Å². The van der Waals surface area contributed by atoms with Gasteiger partial charge in [0, 0.05) is 9.75 Å². The highest BCUT2D eigenvalue weighted by Crippen LogP contribution is 2.17. The number of nitrogens with zero attached hydrogens (tertiary/aromatic N) is 1. The SMILES string of the molecule is CCc1ccc(CNC(=O)Nc2ccc(F)cc2C#N)s1. The van der Waals surface area contributed by atoms with Crippen molar-refractivity contribution in [3.05, 3.63) is 51.5 Å². The average Bonchev–Trinajstić information content (AvgIpc) is 2.95. The van der Waals surface area contributed by atoms with Crippen LogP contribution in [0.1, 0.15) is 22.2 Å². The molecule has 2 rings (SSSR count). The van der Waals surface area contributed by atoms with Gasteiger partial charge in [-0.15, -0.1) is 11.3 Å². The largest absolute Gasteiger partial charge is 0.333 e. The summed E-state index contributed by atoms with van der Waals surface area (Å²) in [5.41, 5.74) is 0.381.